The summed E-state index contributed by atoms with van der Waals surface area (Å²) >= 11 is 0. The van der Waals surface area contributed by atoms with Gasteiger partial charge in [0.2, 0.25) is 5.88 Å². The standard InChI is InChI=1S/C27H21N3O6/c1-33-19-10-6-17(7-11-19)24-21(15-28)26(36-25(24)18-8-12-20(34-2)13-9-18)30-23(31)16-35-27(32)22-5-3-4-14-29-22/h3-14H,16H2,1-2H3,(H,30,31). The number of nitrogens with one attached hydrogen (secondary N) is 1. The topological polar surface area (TPSA) is 124 Å². The Morgan fingerprint density at radius 3 is 2.14 bits per heavy atom. The second kappa shape index (κ2) is 10.9. The zero-order valence-electron chi connectivity index (χ0n) is 19.5. The van der Waals surface area contributed by atoms with Crippen LogP contribution < -0.4 is 14.8 Å². The molecule has 0 aliphatic carbocycles. The number of ether oxygens (including phenoxy) is 3. The van der Waals surface area contributed by atoms with Crippen molar-refractivity contribution in [2.24, 2.45) is 0 Å². The predicted molar refractivity (Wildman–Crippen MR) is 131 cm³/mol. The number of hydrogen-bond donors (Lipinski definition) is 1. The number of esters is 1. The van der Waals surface area contributed by atoms with Crippen molar-refractivity contribution in [3.8, 4) is 40.0 Å². The molecule has 0 aliphatic rings. The Morgan fingerprint density at radius 2 is 1.58 bits per heavy atom. The van der Waals surface area contributed by atoms with E-state index in [9.17, 15) is 14.9 Å². The van der Waals surface area contributed by atoms with Gasteiger partial charge < -0.3 is 18.6 Å². The number of aromatic nitrogens is 1. The van der Waals surface area contributed by atoms with Gasteiger partial charge in [0.05, 0.1) is 14.2 Å². The van der Waals surface area contributed by atoms with Crippen LogP contribution in [0.25, 0.3) is 22.5 Å². The van der Waals surface area contributed by atoms with Crippen LogP contribution in [-0.2, 0) is 9.53 Å². The molecule has 36 heavy (non-hydrogen) atoms. The van der Waals surface area contributed by atoms with E-state index in [1.54, 1.807) is 74.9 Å². The lowest BCUT2D eigenvalue weighted by Gasteiger charge is -2.06. The third kappa shape index (κ3) is 5.18. The van der Waals surface area contributed by atoms with Crippen molar-refractivity contribution in [1.29, 1.82) is 5.26 Å². The number of rotatable bonds is 8. The minimum Gasteiger partial charge on any atom is -0.497 e. The zero-order chi connectivity index (χ0) is 25.5. The maximum atomic E-state index is 12.6. The van der Waals surface area contributed by atoms with Gasteiger partial charge in [-0.05, 0) is 54.1 Å². The van der Waals surface area contributed by atoms with Gasteiger partial charge in [-0.1, -0.05) is 18.2 Å². The average Bonchev–Trinajstić information content (AvgIpc) is 3.30. The molecule has 2 heterocycles. The number of benzene rings is 2. The summed E-state index contributed by atoms with van der Waals surface area (Å²) in [6.07, 6.45) is 1.44. The van der Waals surface area contributed by atoms with E-state index in [4.69, 9.17) is 18.6 Å². The molecule has 0 unspecified atom stereocenters. The van der Waals surface area contributed by atoms with Gasteiger partial charge in [-0.3, -0.25) is 10.1 Å². The fraction of sp³-hybridized carbons (Fsp3) is 0.111. The maximum Gasteiger partial charge on any atom is 0.357 e. The first-order valence-electron chi connectivity index (χ1n) is 10.8. The van der Waals surface area contributed by atoms with E-state index in [0.29, 0.717) is 33.9 Å². The summed E-state index contributed by atoms with van der Waals surface area (Å²) in [7, 11) is 3.12. The first-order chi connectivity index (χ1) is 17.5. The first-order valence-corrected chi connectivity index (χ1v) is 10.8. The van der Waals surface area contributed by atoms with E-state index < -0.39 is 18.5 Å². The highest BCUT2D eigenvalue weighted by molar-refractivity contribution is 5.97. The largest absolute Gasteiger partial charge is 0.497 e. The van der Waals surface area contributed by atoms with Crippen molar-refractivity contribution >= 4 is 17.8 Å². The molecule has 2 aromatic heterocycles. The van der Waals surface area contributed by atoms with E-state index in [1.165, 1.54) is 12.3 Å². The Bertz CT molecular complexity index is 1410. The fourth-order valence-corrected chi connectivity index (χ4v) is 3.46. The summed E-state index contributed by atoms with van der Waals surface area (Å²) in [6.45, 7) is -0.587. The van der Waals surface area contributed by atoms with Crippen LogP contribution in [0.4, 0.5) is 5.88 Å². The summed E-state index contributed by atoms with van der Waals surface area (Å²) in [4.78, 5) is 28.6. The van der Waals surface area contributed by atoms with E-state index >= 15 is 0 Å². The number of anilines is 1. The Kier molecular flexibility index (Phi) is 7.27. The van der Waals surface area contributed by atoms with Gasteiger partial charge in [-0.2, -0.15) is 5.26 Å². The van der Waals surface area contributed by atoms with Gasteiger partial charge >= 0.3 is 5.97 Å². The smallest absolute Gasteiger partial charge is 0.357 e. The Balaban J connectivity index is 1.65. The van der Waals surface area contributed by atoms with Crippen LogP contribution in [-0.4, -0.2) is 37.7 Å². The highest BCUT2D eigenvalue weighted by Crippen LogP contribution is 2.42. The highest BCUT2D eigenvalue weighted by atomic mass is 16.5. The molecule has 0 spiro atoms. The van der Waals surface area contributed by atoms with Gasteiger partial charge in [0.25, 0.3) is 5.91 Å². The number of nitriles is 1. The number of carbonyl (C=O) groups excluding carboxylic acids is 2. The number of carbonyl (C=O) groups is 2. The molecular formula is C27H21N3O6. The second-order valence-electron chi connectivity index (χ2n) is 7.42. The van der Waals surface area contributed by atoms with Gasteiger partial charge in [0, 0.05) is 17.3 Å². The zero-order valence-corrected chi connectivity index (χ0v) is 19.5. The molecule has 0 bridgehead atoms. The van der Waals surface area contributed by atoms with Crippen molar-refractivity contribution in [3.63, 3.8) is 0 Å². The first kappa shape index (κ1) is 24.0. The molecule has 0 aliphatic heterocycles. The quantitative estimate of drug-likeness (QED) is 0.358. The minimum atomic E-state index is -0.747. The molecule has 2 aromatic carbocycles. The Morgan fingerprint density at radius 1 is 0.944 bits per heavy atom. The lowest BCUT2D eigenvalue weighted by molar-refractivity contribution is -0.119. The van der Waals surface area contributed by atoms with Crippen LogP contribution in [0.2, 0.25) is 0 Å². The van der Waals surface area contributed by atoms with Gasteiger partial charge in [-0.15, -0.1) is 0 Å². The summed E-state index contributed by atoms with van der Waals surface area (Å²) in [6, 6.07) is 21.1. The molecule has 9 heteroatoms. The van der Waals surface area contributed by atoms with E-state index in [2.05, 4.69) is 16.4 Å². The molecule has 0 saturated carbocycles. The van der Waals surface area contributed by atoms with Gasteiger partial charge in [0.1, 0.15) is 34.6 Å². The monoisotopic (exact) mass is 483 g/mol. The Labute approximate surface area is 206 Å². The lowest BCUT2D eigenvalue weighted by Crippen LogP contribution is -2.21. The van der Waals surface area contributed by atoms with Crippen LogP contribution in [0.3, 0.4) is 0 Å². The van der Waals surface area contributed by atoms with E-state index in [-0.39, 0.29) is 17.1 Å². The van der Waals surface area contributed by atoms with Crippen LogP contribution in [0.5, 0.6) is 11.5 Å². The van der Waals surface area contributed by atoms with Crippen LogP contribution >= 0.6 is 0 Å². The van der Waals surface area contributed by atoms with E-state index in [0.717, 1.165) is 0 Å². The maximum absolute atomic E-state index is 12.6. The predicted octanol–water partition coefficient (Wildman–Crippen LogP) is 4.69. The average molecular weight is 483 g/mol. The van der Waals surface area contributed by atoms with E-state index in [1.807, 2.05) is 0 Å². The fourth-order valence-electron chi connectivity index (χ4n) is 3.46. The molecule has 180 valence electrons. The van der Waals surface area contributed by atoms with Gasteiger partial charge in [0.15, 0.2) is 6.61 Å². The highest BCUT2D eigenvalue weighted by Gasteiger charge is 2.25. The third-order valence-electron chi connectivity index (χ3n) is 5.21. The molecule has 4 aromatic rings. The normalized spacial score (nSPS) is 10.2. The summed E-state index contributed by atoms with van der Waals surface area (Å²) in [5.74, 6) is 0.193. The number of nitrogens with zero attached hydrogens (tertiary/aromatic N) is 2. The summed E-state index contributed by atoms with van der Waals surface area (Å²) < 4.78 is 21.5. The molecule has 0 fully saturated rings. The summed E-state index contributed by atoms with van der Waals surface area (Å²) in [5.41, 5.74) is 2.04. The molecule has 4 rings (SSSR count). The Hall–Kier alpha value is -5.10. The molecule has 0 radical (unpaired) electrons. The van der Waals surface area contributed by atoms with Crippen molar-refractivity contribution in [1.82, 2.24) is 4.98 Å². The van der Waals surface area contributed by atoms with Crippen LogP contribution in [0.1, 0.15) is 16.1 Å². The number of amides is 1. The molecule has 1 N–H and O–H groups in total. The van der Waals surface area contributed by atoms with Crippen LogP contribution in [0, 0.1) is 11.3 Å². The minimum absolute atomic E-state index is 0.0620. The van der Waals surface area contributed by atoms with Crippen molar-refractivity contribution in [3.05, 3.63) is 84.2 Å². The SMILES string of the molecule is COc1ccc(-c2oc(NC(=O)COC(=O)c3ccccn3)c(C#N)c2-c2ccc(OC)cc2)cc1. The lowest BCUT2D eigenvalue weighted by atomic mass is 9.98. The third-order valence-corrected chi connectivity index (χ3v) is 5.21. The second-order valence-corrected chi connectivity index (χ2v) is 7.42. The van der Waals surface area contributed by atoms with Crippen molar-refractivity contribution in [2.75, 3.05) is 26.1 Å². The van der Waals surface area contributed by atoms with Crippen LogP contribution in [0.15, 0.2) is 77.3 Å². The number of hydrogen-bond acceptors (Lipinski definition) is 8. The number of methoxy groups -OCH3 is 2. The molecule has 1 amide bonds. The molecule has 0 saturated heterocycles. The van der Waals surface area contributed by atoms with Crippen molar-refractivity contribution < 1.29 is 28.2 Å². The number of pyridine rings is 1. The molecular weight excluding hydrogens is 462 g/mol. The molecule has 0 atom stereocenters. The molecule has 9 nitrogen and oxygen atoms in total. The number of furan rings is 1. The van der Waals surface area contributed by atoms with Gasteiger partial charge in [-0.25, -0.2) is 9.78 Å². The summed E-state index contributed by atoms with van der Waals surface area (Å²) in [5, 5.41) is 12.5. The van der Waals surface area contributed by atoms with Crippen molar-refractivity contribution in [2.45, 2.75) is 0 Å².